The van der Waals surface area contributed by atoms with Gasteiger partial charge in [0.1, 0.15) is 5.69 Å². The quantitative estimate of drug-likeness (QED) is 0.743. The molecule has 0 aliphatic rings. The van der Waals surface area contributed by atoms with Gasteiger partial charge in [0, 0.05) is 17.4 Å². The number of aromatic nitrogens is 1. The van der Waals surface area contributed by atoms with Gasteiger partial charge in [-0.15, -0.1) is 0 Å². The molecule has 0 atom stereocenters. The number of nitrogens with one attached hydrogen (secondary N) is 2. The summed E-state index contributed by atoms with van der Waals surface area (Å²) in [6, 6.07) is 18.1. The maximum absolute atomic E-state index is 12.2. The minimum Gasteiger partial charge on any atom is -0.351 e. The predicted molar refractivity (Wildman–Crippen MR) is 90.0 cm³/mol. The second kappa shape index (κ2) is 6.06. The van der Waals surface area contributed by atoms with Crippen LogP contribution in [0.4, 0.5) is 0 Å². The van der Waals surface area contributed by atoms with E-state index in [0.29, 0.717) is 18.2 Å². The lowest BCUT2D eigenvalue weighted by Crippen LogP contribution is -2.23. The maximum atomic E-state index is 12.2. The van der Waals surface area contributed by atoms with Gasteiger partial charge in [0.05, 0.1) is 0 Å². The highest BCUT2D eigenvalue weighted by atomic mass is 16.1. The molecule has 112 valence electrons. The second-order valence-electron chi connectivity index (χ2n) is 5.85. The Labute approximate surface area is 130 Å². The van der Waals surface area contributed by atoms with Gasteiger partial charge in [0.15, 0.2) is 0 Å². The lowest BCUT2D eigenvalue weighted by atomic mass is 10.0. The number of benzene rings is 2. The summed E-state index contributed by atoms with van der Waals surface area (Å²) in [5, 5.41) is 4.00. The number of carbonyl (C=O) groups excluding carboxylic acids is 1. The first-order chi connectivity index (χ1) is 10.6. The molecular formula is C19H20N2O. The fourth-order valence-electron chi connectivity index (χ4n) is 2.49. The first-order valence-electron chi connectivity index (χ1n) is 7.58. The average molecular weight is 292 g/mol. The van der Waals surface area contributed by atoms with Gasteiger partial charge in [-0.3, -0.25) is 4.79 Å². The van der Waals surface area contributed by atoms with Crippen LogP contribution >= 0.6 is 0 Å². The molecule has 0 radical (unpaired) electrons. The molecule has 0 saturated carbocycles. The highest BCUT2D eigenvalue weighted by Crippen LogP contribution is 2.16. The van der Waals surface area contributed by atoms with Crippen LogP contribution in [0.2, 0.25) is 0 Å². The van der Waals surface area contributed by atoms with Crippen LogP contribution in [0.5, 0.6) is 0 Å². The van der Waals surface area contributed by atoms with E-state index in [1.54, 1.807) is 0 Å². The van der Waals surface area contributed by atoms with Crippen LogP contribution in [0.15, 0.2) is 54.6 Å². The van der Waals surface area contributed by atoms with Crippen molar-refractivity contribution in [3.05, 3.63) is 71.4 Å². The van der Waals surface area contributed by atoms with Crippen LogP contribution in [0, 0.1) is 0 Å². The van der Waals surface area contributed by atoms with Crippen molar-refractivity contribution in [2.75, 3.05) is 0 Å². The van der Waals surface area contributed by atoms with Crippen molar-refractivity contribution in [3.63, 3.8) is 0 Å². The number of fused-ring (bicyclic) bond motifs is 1. The van der Waals surface area contributed by atoms with Crippen molar-refractivity contribution in [3.8, 4) is 0 Å². The number of hydrogen-bond acceptors (Lipinski definition) is 1. The maximum Gasteiger partial charge on any atom is 0.267 e. The molecule has 3 rings (SSSR count). The van der Waals surface area contributed by atoms with E-state index < -0.39 is 0 Å². The smallest absolute Gasteiger partial charge is 0.267 e. The third-order valence-electron chi connectivity index (χ3n) is 3.87. The summed E-state index contributed by atoms with van der Waals surface area (Å²) < 4.78 is 0. The number of amides is 1. The lowest BCUT2D eigenvalue weighted by molar-refractivity contribution is 0.0947. The van der Waals surface area contributed by atoms with Crippen molar-refractivity contribution in [1.29, 1.82) is 0 Å². The zero-order valence-electron chi connectivity index (χ0n) is 12.9. The van der Waals surface area contributed by atoms with E-state index in [4.69, 9.17) is 0 Å². The average Bonchev–Trinajstić information content (AvgIpc) is 2.97. The molecule has 0 bridgehead atoms. The van der Waals surface area contributed by atoms with Gasteiger partial charge in [0.25, 0.3) is 5.91 Å². The number of aromatic amines is 1. The number of para-hydroxylation sites is 1. The molecule has 3 aromatic rings. The fraction of sp³-hybridized carbons (Fsp3) is 0.211. The molecule has 0 aliphatic carbocycles. The molecular weight excluding hydrogens is 272 g/mol. The predicted octanol–water partition coefficient (Wildman–Crippen LogP) is 4.22. The summed E-state index contributed by atoms with van der Waals surface area (Å²) in [5.74, 6) is 0.444. The summed E-state index contributed by atoms with van der Waals surface area (Å²) in [5.41, 5.74) is 3.99. The van der Waals surface area contributed by atoms with Crippen molar-refractivity contribution < 1.29 is 4.79 Å². The zero-order chi connectivity index (χ0) is 15.5. The summed E-state index contributed by atoms with van der Waals surface area (Å²) in [6.07, 6.45) is 0. The zero-order valence-corrected chi connectivity index (χ0v) is 12.9. The molecule has 2 N–H and O–H groups in total. The lowest BCUT2D eigenvalue weighted by Gasteiger charge is -2.07. The Morgan fingerprint density at radius 2 is 1.82 bits per heavy atom. The molecule has 0 saturated heterocycles. The number of rotatable bonds is 4. The van der Waals surface area contributed by atoms with E-state index in [1.807, 2.05) is 30.3 Å². The van der Waals surface area contributed by atoms with Gasteiger partial charge in [-0.05, 0) is 29.2 Å². The van der Waals surface area contributed by atoms with Gasteiger partial charge >= 0.3 is 0 Å². The van der Waals surface area contributed by atoms with Crippen LogP contribution in [-0.2, 0) is 6.54 Å². The minimum atomic E-state index is -0.0795. The summed E-state index contributed by atoms with van der Waals surface area (Å²) >= 11 is 0. The van der Waals surface area contributed by atoms with Crippen molar-refractivity contribution >= 4 is 16.8 Å². The molecule has 0 fully saturated rings. The van der Waals surface area contributed by atoms with Crippen LogP contribution in [0.25, 0.3) is 10.9 Å². The Hall–Kier alpha value is -2.55. The van der Waals surface area contributed by atoms with E-state index >= 15 is 0 Å². The third kappa shape index (κ3) is 3.03. The van der Waals surface area contributed by atoms with E-state index in [0.717, 1.165) is 16.5 Å². The van der Waals surface area contributed by atoms with Crippen LogP contribution < -0.4 is 5.32 Å². The Morgan fingerprint density at radius 1 is 1.09 bits per heavy atom. The van der Waals surface area contributed by atoms with Gasteiger partial charge < -0.3 is 10.3 Å². The highest BCUT2D eigenvalue weighted by molar-refractivity contribution is 5.97. The largest absolute Gasteiger partial charge is 0.351 e. The summed E-state index contributed by atoms with van der Waals surface area (Å²) in [6.45, 7) is 4.88. The van der Waals surface area contributed by atoms with Crippen LogP contribution in [-0.4, -0.2) is 10.9 Å². The number of hydrogen-bond donors (Lipinski definition) is 2. The molecule has 1 heterocycles. The first kappa shape index (κ1) is 14.4. The number of carbonyl (C=O) groups is 1. The highest BCUT2D eigenvalue weighted by Gasteiger charge is 2.09. The molecule has 0 spiro atoms. The van der Waals surface area contributed by atoms with Crippen LogP contribution in [0.1, 0.15) is 41.4 Å². The topological polar surface area (TPSA) is 44.9 Å². The minimum absolute atomic E-state index is 0.0795. The molecule has 0 unspecified atom stereocenters. The molecule has 1 amide bonds. The molecule has 22 heavy (non-hydrogen) atoms. The summed E-state index contributed by atoms with van der Waals surface area (Å²) in [7, 11) is 0. The van der Waals surface area contributed by atoms with Crippen molar-refractivity contribution in [1.82, 2.24) is 10.3 Å². The SMILES string of the molecule is CC(C)c1ccc(CNC(=O)c2cc3ccccc3[nH]2)cc1. The van der Waals surface area contributed by atoms with Crippen molar-refractivity contribution in [2.24, 2.45) is 0 Å². The monoisotopic (exact) mass is 292 g/mol. The van der Waals surface area contributed by atoms with Gasteiger partial charge in [0.2, 0.25) is 0 Å². The van der Waals surface area contributed by atoms with Crippen LogP contribution in [0.3, 0.4) is 0 Å². The second-order valence-corrected chi connectivity index (χ2v) is 5.85. The van der Waals surface area contributed by atoms with Crippen molar-refractivity contribution in [2.45, 2.75) is 26.3 Å². The van der Waals surface area contributed by atoms with Gasteiger partial charge in [-0.2, -0.15) is 0 Å². The Morgan fingerprint density at radius 3 is 2.50 bits per heavy atom. The third-order valence-corrected chi connectivity index (χ3v) is 3.87. The Bertz CT molecular complexity index is 752. The molecule has 0 aliphatic heterocycles. The standard InChI is InChI=1S/C19H20N2O/c1-13(2)15-9-7-14(8-10-15)12-20-19(22)18-11-16-5-3-4-6-17(16)21-18/h3-11,13,21H,12H2,1-2H3,(H,20,22). The molecule has 1 aromatic heterocycles. The fourth-order valence-corrected chi connectivity index (χ4v) is 2.49. The molecule has 2 aromatic carbocycles. The Balaban J connectivity index is 1.66. The molecule has 3 heteroatoms. The first-order valence-corrected chi connectivity index (χ1v) is 7.58. The van der Waals surface area contributed by atoms with E-state index in [1.165, 1.54) is 5.56 Å². The summed E-state index contributed by atoms with van der Waals surface area (Å²) in [4.78, 5) is 15.4. The molecule has 3 nitrogen and oxygen atoms in total. The van der Waals surface area contributed by atoms with Gasteiger partial charge in [-0.25, -0.2) is 0 Å². The normalized spacial score (nSPS) is 11.0. The number of H-pyrrole nitrogens is 1. The van der Waals surface area contributed by atoms with E-state index in [-0.39, 0.29) is 5.91 Å². The Kier molecular flexibility index (Phi) is 3.96. The van der Waals surface area contributed by atoms with E-state index in [2.05, 4.69) is 48.4 Å². The van der Waals surface area contributed by atoms with Gasteiger partial charge in [-0.1, -0.05) is 56.3 Å². The van der Waals surface area contributed by atoms with E-state index in [9.17, 15) is 4.79 Å².